The van der Waals surface area contributed by atoms with E-state index in [4.69, 9.17) is 5.11 Å². The lowest BCUT2D eigenvalue weighted by Gasteiger charge is -2.13. The Morgan fingerprint density at radius 3 is 2.33 bits per heavy atom. The highest BCUT2D eigenvalue weighted by Crippen LogP contribution is 2.22. The van der Waals surface area contributed by atoms with Gasteiger partial charge in [-0.3, -0.25) is 4.79 Å². The summed E-state index contributed by atoms with van der Waals surface area (Å²) in [5, 5.41) is 7.69. The van der Waals surface area contributed by atoms with Crippen molar-refractivity contribution in [3.63, 3.8) is 0 Å². The molecule has 0 aliphatic rings. The van der Waals surface area contributed by atoms with Crippen molar-refractivity contribution in [2.75, 3.05) is 0 Å². The van der Waals surface area contributed by atoms with E-state index in [0.717, 1.165) is 11.1 Å². The van der Waals surface area contributed by atoms with Gasteiger partial charge in [-0.1, -0.05) is 19.4 Å². The number of aryl methyl sites for hydroxylation is 2. The van der Waals surface area contributed by atoms with Crippen LogP contribution in [-0.4, -0.2) is 24.7 Å². The summed E-state index contributed by atoms with van der Waals surface area (Å²) >= 11 is 0. The Bertz CT molecular complexity index is 546. The molecular weight excluding hydrogens is 252 g/mol. The van der Waals surface area contributed by atoms with Gasteiger partial charge in [-0.05, 0) is 43.5 Å². The van der Waals surface area contributed by atoms with Crippen molar-refractivity contribution in [1.82, 2.24) is 0 Å². The number of carbonyl (C=O) groups is 1. The number of sulfone groups is 1. The summed E-state index contributed by atoms with van der Waals surface area (Å²) < 4.78 is 24.5. The third-order valence-corrected chi connectivity index (χ3v) is 5.11. The monoisotopic (exact) mass is 270 g/mol. The molecule has 0 saturated heterocycles. The normalized spacial score (nSPS) is 13.3. The maximum absolute atomic E-state index is 12.2. The zero-order valence-corrected chi connectivity index (χ0v) is 11.6. The Morgan fingerprint density at radius 2 is 1.89 bits per heavy atom. The Balaban J connectivity index is 3.26. The average molecular weight is 270 g/mol. The molecule has 0 aliphatic heterocycles. The van der Waals surface area contributed by atoms with Gasteiger partial charge in [0.15, 0.2) is 15.1 Å². The molecule has 0 aliphatic carbocycles. The second-order valence-electron chi connectivity index (χ2n) is 4.41. The molecule has 0 amide bonds. The molecule has 0 fully saturated rings. The van der Waals surface area contributed by atoms with Crippen molar-refractivity contribution >= 4 is 15.8 Å². The Hall–Kier alpha value is -1.36. The zero-order valence-electron chi connectivity index (χ0n) is 10.8. The summed E-state index contributed by atoms with van der Waals surface area (Å²) in [5.41, 5.74) is 1.83. The van der Waals surface area contributed by atoms with Crippen LogP contribution in [0.1, 0.15) is 30.9 Å². The molecule has 0 aromatic heterocycles. The van der Waals surface area contributed by atoms with Gasteiger partial charge in [0.1, 0.15) is 0 Å². The van der Waals surface area contributed by atoms with E-state index < -0.39 is 21.1 Å². The Morgan fingerprint density at radius 1 is 1.28 bits per heavy atom. The van der Waals surface area contributed by atoms with E-state index in [0.29, 0.717) is 6.42 Å². The van der Waals surface area contributed by atoms with Crippen LogP contribution in [0.3, 0.4) is 0 Å². The lowest BCUT2D eigenvalue weighted by molar-refractivity contribution is -0.136. The number of rotatable bonds is 5. The fourth-order valence-corrected chi connectivity index (χ4v) is 3.47. The van der Waals surface area contributed by atoms with Crippen LogP contribution >= 0.6 is 0 Å². The first kappa shape index (κ1) is 14.7. The van der Waals surface area contributed by atoms with Gasteiger partial charge in [0.25, 0.3) is 0 Å². The fraction of sp³-hybridized carbons (Fsp3) is 0.462. The van der Waals surface area contributed by atoms with E-state index in [2.05, 4.69) is 0 Å². The second-order valence-corrected chi connectivity index (χ2v) is 6.54. The molecule has 1 aromatic rings. The smallest absolute Gasteiger partial charge is 0.322 e. The first-order valence-electron chi connectivity index (χ1n) is 5.84. The van der Waals surface area contributed by atoms with Gasteiger partial charge in [0.05, 0.1) is 4.90 Å². The SMILES string of the molecule is CCCC(C(=O)O)S(=O)(=O)c1ccc(C)c(C)c1. The molecule has 1 N–H and O–H groups in total. The molecule has 1 atom stereocenters. The molecule has 0 radical (unpaired) electrons. The van der Waals surface area contributed by atoms with E-state index >= 15 is 0 Å². The van der Waals surface area contributed by atoms with Gasteiger partial charge in [-0.15, -0.1) is 0 Å². The minimum absolute atomic E-state index is 0.0893. The van der Waals surface area contributed by atoms with Crippen molar-refractivity contribution in [3.05, 3.63) is 29.3 Å². The predicted molar refractivity (Wildman–Crippen MR) is 69.4 cm³/mol. The molecular formula is C13H18O4S. The standard InChI is InChI=1S/C13H18O4S/c1-4-5-12(13(14)15)18(16,17)11-7-6-9(2)10(3)8-11/h6-8,12H,4-5H2,1-3H3,(H,14,15). The van der Waals surface area contributed by atoms with Crippen molar-refractivity contribution in [2.45, 2.75) is 43.8 Å². The van der Waals surface area contributed by atoms with Gasteiger partial charge in [-0.2, -0.15) is 0 Å². The third-order valence-electron chi connectivity index (χ3n) is 3.01. The first-order chi connectivity index (χ1) is 8.30. The Kier molecular flexibility index (Phi) is 4.51. The number of carboxylic acids is 1. The van der Waals surface area contributed by atoms with Crippen LogP contribution in [0.4, 0.5) is 0 Å². The molecule has 1 unspecified atom stereocenters. The van der Waals surface area contributed by atoms with E-state index in [1.807, 2.05) is 13.8 Å². The van der Waals surface area contributed by atoms with Crippen molar-refractivity contribution in [3.8, 4) is 0 Å². The van der Waals surface area contributed by atoms with E-state index in [1.165, 1.54) is 12.1 Å². The van der Waals surface area contributed by atoms with Crippen molar-refractivity contribution < 1.29 is 18.3 Å². The van der Waals surface area contributed by atoms with Crippen LogP contribution in [0.2, 0.25) is 0 Å². The zero-order chi connectivity index (χ0) is 13.9. The van der Waals surface area contributed by atoms with Crippen LogP contribution in [0, 0.1) is 13.8 Å². The fourth-order valence-electron chi connectivity index (χ4n) is 1.73. The summed E-state index contributed by atoms with van der Waals surface area (Å²) in [5.74, 6) is -1.28. The number of hydrogen-bond donors (Lipinski definition) is 1. The van der Waals surface area contributed by atoms with Gasteiger partial charge in [-0.25, -0.2) is 8.42 Å². The number of carboxylic acid groups (broad SMARTS) is 1. The summed E-state index contributed by atoms with van der Waals surface area (Å²) in [6.07, 6.45) is 0.644. The highest BCUT2D eigenvalue weighted by Gasteiger charge is 2.33. The maximum atomic E-state index is 12.2. The highest BCUT2D eigenvalue weighted by atomic mass is 32.2. The summed E-state index contributed by atoms with van der Waals surface area (Å²) in [7, 11) is -3.80. The molecule has 0 spiro atoms. The minimum atomic E-state index is -3.80. The molecule has 100 valence electrons. The lowest BCUT2D eigenvalue weighted by Crippen LogP contribution is -2.30. The molecule has 1 rings (SSSR count). The number of benzene rings is 1. The first-order valence-corrected chi connectivity index (χ1v) is 7.39. The third kappa shape index (κ3) is 2.90. The molecule has 5 heteroatoms. The Labute approximate surface area is 108 Å². The van der Waals surface area contributed by atoms with Crippen LogP contribution in [0.25, 0.3) is 0 Å². The highest BCUT2D eigenvalue weighted by molar-refractivity contribution is 7.92. The van der Waals surface area contributed by atoms with E-state index in [-0.39, 0.29) is 11.3 Å². The molecule has 0 bridgehead atoms. The van der Waals surface area contributed by atoms with E-state index in [1.54, 1.807) is 13.0 Å². The summed E-state index contributed by atoms with van der Waals surface area (Å²) in [4.78, 5) is 11.2. The van der Waals surface area contributed by atoms with Crippen LogP contribution in [0.5, 0.6) is 0 Å². The summed E-state index contributed by atoms with van der Waals surface area (Å²) in [6.45, 7) is 5.46. The molecule has 1 aromatic carbocycles. The van der Waals surface area contributed by atoms with Crippen molar-refractivity contribution in [1.29, 1.82) is 0 Å². The van der Waals surface area contributed by atoms with Crippen LogP contribution < -0.4 is 0 Å². The predicted octanol–water partition coefficient (Wildman–Crippen LogP) is 2.33. The number of aliphatic carboxylic acids is 1. The van der Waals surface area contributed by atoms with Gasteiger partial charge >= 0.3 is 5.97 Å². The van der Waals surface area contributed by atoms with Gasteiger partial charge < -0.3 is 5.11 Å². The van der Waals surface area contributed by atoms with Crippen LogP contribution in [-0.2, 0) is 14.6 Å². The topological polar surface area (TPSA) is 71.4 Å². The second kappa shape index (κ2) is 5.52. The average Bonchev–Trinajstić information content (AvgIpc) is 2.28. The van der Waals surface area contributed by atoms with Gasteiger partial charge in [0.2, 0.25) is 0 Å². The molecule has 0 heterocycles. The minimum Gasteiger partial charge on any atom is -0.480 e. The molecule has 4 nitrogen and oxygen atoms in total. The molecule has 18 heavy (non-hydrogen) atoms. The lowest BCUT2D eigenvalue weighted by atomic mass is 10.1. The maximum Gasteiger partial charge on any atom is 0.322 e. The van der Waals surface area contributed by atoms with Gasteiger partial charge in [0, 0.05) is 0 Å². The molecule has 0 saturated carbocycles. The summed E-state index contributed by atoms with van der Waals surface area (Å²) in [6, 6.07) is 4.71. The largest absolute Gasteiger partial charge is 0.480 e. The van der Waals surface area contributed by atoms with Crippen LogP contribution in [0.15, 0.2) is 23.1 Å². The van der Waals surface area contributed by atoms with Crippen molar-refractivity contribution in [2.24, 2.45) is 0 Å². The quantitative estimate of drug-likeness (QED) is 0.891. The van der Waals surface area contributed by atoms with E-state index in [9.17, 15) is 13.2 Å². The number of hydrogen-bond acceptors (Lipinski definition) is 3.